The van der Waals surface area contributed by atoms with Gasteiger partial charge in [-0.05, 0) is 61.0 Å². The van der Waals surface area contributed by atoms with E-state index in [1.807, 2.05) is 19.1 Å². The molecule has 0 saturated heterocycles. The number of rotatable bonds is 7. The zero-order chi connectivity index (χ0) is 20.1. The molecule has 0 saturated carbocycles. The maximum Gasteiger partial charge on any atom is 0.251 e. The summed E-state index contributed by atoms with van der Waals surface area (Å²) in [6.07, 6.45) is 1.47. The van der Waals surface area contributed by atoms with Crippen LogP contribution in [0.25, 0.3) is 0 Å². The molecule has 1 heterocycles. The van der Waals surface area contributed by atoms with Gasteiger partial charge >= 0.3 is 0 Å². The van der Waals surface area contributed by atoms with E-state index in [0.29, 0.717) is 16.3 Å². The monoisotopic (exact) mass is 418 g/mol. The van der Waals surface area contributed by atoms with Crippen molar-refractivity contribution >= 4 is 27.5 Å². The lowest BCUT2D eigenvalue weighted by Crippen LogP contribution is -2.27. The number of amides is 1. The van der Waals surface area contributed by atoms with Gasteiger partial charge in [-0.2, -0.15) is 0 Å². The number of halogens is 1. The zero-order valence-electron chi connectivity index (χ0n) is 15.1. The molecule has 1 unspecified atom stereocenters. The highest BCUT2D eigenvalue weighted by molar-refractivity contribution is 7.89. The number of hydrogen-bond acceptors (Lipinski definition) is 4. The Labute approximate surface area is 168 Å². The van der Waals surface area contributed by atoms with E-state index >= 15 is 0 Å². The van der Waals surface area contributed by atoms with Crippen LogP contribution in [0.4, 0.5) is 0 Å². The molecule has 0 aliphatic rings. The van der Waals surface area contributed by atoms with E-state index in [4.69, 9.17) is 16.0 Å². The van der Waals surface area contributed by atoms with Crippen molar-refractivity contribution in [2.45, 2.75) is 24.4 Å². The Balaban J connectivity index is 1.64. The van der Waals surface area contributed by atoms with Gasteiger partial charge in [0.15, 0.2) is 0 Å². The van der Waals surface area contributed by atoms with E-state index in [9.17, 15) is 13.2 Å². The predicted molar refractivity (Wildman–Crippen MR) is 107 cm³/mol. The molecule has 0 bridgehead atoms. The van der Waals surface area contributed by atoms with Crippen molar-refractivity contribution in [3.63, 3.8) is 0 Å². The summed E-state index contributed by atoms with van der Waals surface area (Å²) in [5.41, 5.74) is 1.28. The highest BCUT2D eigenvalue weighted by Gasteiger charge is 2.16. The summed E-state index contributed by atoms with van der Waals surface area (Å²) in [5, 5.41) is 3.50. The lowest BCUT2D eigenvalue weighted by molar-refractivity contribution is 0.0940. The van der Waals surface area contributed by atoms with Crippen molar-refractivity contribution in [2.75, 3.05) is 0 Å². The molecule has 6 nitrogen and oxygen atoms in total. The number of carbonyl (C=O) groups is 1. The van der Waals surface area contributed by atoms with Gasteiger partial charge < -0.3 is 9.73 Å². The Morgan fingerprint density at radius 3 is 2.36 bits per heavy atom. The van der Waals surface area contributed by atoms with Gasteiger partial charge in [0.2, 0.25) is 10.0 Å². The fourth-order valence-corrected chi connectivity index (χ4v) is 3.68. The first kappa shape index (κ1) is 20.1. The minimum absolute atomic E-state index is 0.0518. The minimum Gasteiger partial charge on any atom is -0.468 e. The van der Waals surface area contributed by atoms with Crippen LogP contribution in [0, 0.1) is 0 Å². The molecule has 8 heteroatoms. The van der Waals surface area contributed by atoms with Crippen LogP contribution in [0.5, 0.6) is 0 Å². The van der Waals surface area contributed by atoms with Crippen LogP contribution in [0.3, 0.4) is 0 Å². The maximum atomic E-state index is 12.4. The van der Waals surface area contributed by atoms with Crippen LogP contribution in [-0.4, -0.2) is 14.3 Å². The van der Waals surface area contributed by atoms with Crippen molar-refractivity contribution in [1.82, 2.24) is 10.0 Å². The summed E-state index contributed by atoms with van der Waals surface area (Å²) < 4.78 is 32.2. The molecule has 0 aliphatic carbocycles. The first-order chi connectivity index (χ1) is 13.3. The molecule has 3 aromatic rings. The molecule has 146 valence electrons. The summed E-state index contributed by atoms with van der Waals surface area (Å²) in [5.74, 6) is 0.214. The predicted octanol–water partition coefficient (Wildman–Crippen LogP) is 3.90. The van der Waals surface area contributed by atoms with Gasteiger partial charge in [-0.3, -0.25) is 4.79 Å². The van der Waals surface area contributed by atoms with Crippen molar-refractivity contribution < 1.29 is 17.6 Å². The molecule has 3 rings (SSSR count). The van der Waals surface area contributed by atoms with E-state index in [2.05, 4.69) is 10.0 Å². The zero-order valence-corrected chi connectivity index (χ0v) is 16.6. The summed E-state index contributed by atoms with van der Waals surface area (Å²) in [6, 6.07) is 16.1. The van der Waals surface area contributed by atoms with Crippen LogP contribution in [0.1, 0.15) is 34.6 Å². The third kappa shape index (κ3) is 5.01. The van der Waals surface area contributed by atoms with E-state index in [1.165, 1.54) is 30.5 Å². The molecule has 0 aliphatic heterocycles. The van der Waals surface area contributed by atoms with Crippen LogP contribution in [-0.2, 0) is 16.6 Å². The Bertz CT molecular complexity index is 1030. The Kier molecular flexibility index (Phi) is 6.18. The lowest BCUT2D eigenvalue weighted by Gasteiger charge is -2.14. The molecular formula is C20H19ClN2O4S. The normalized spacial score (nSPS) is 12.5. The fraction of sp³-hybridized carbons (Fsp3) is 0.150. The SMILES string of the molecule is CC(NC(=O)c1ccc(S(=O)(=O)NCc2ccco2)cc1)c1ccc(Cl)cc1. The largest absolute Gasteiger partial charge is 0.468 e. The van der Waals surface area contributed by atoms with Crippen LogP contribution < -0.4 is 10.0 Å². The molecule has 1 aromatic heterocycles. The summed E-state index contributed by atoms with van der Waals surface area (Å²) in [7, 11) is -3.70. The van der Waals surface area contributed by atoms with Gasteiger partial charge in [0.05, 0.1) is 23.7 Å². The van der Waals surface area contributed by atoms with Gasteiger partial charge in [-0.25, -0.2) is 13.1 Å². The second kappa shape index (κ2) is 8.60. The quantitative estimate of drug-likeness (QED) is 0.609. The van der Waals surface area contributed by atoms with Gasteiger partial charge in [0, 0.05) is 10.6 Å². The number of hydrogen-bond donors (Lipinski definition) is 2. The Morgan fingerprint density at radius 1 is 1.07 bits per heavy atom. The molecule has 0 spiro atoms. The van der Waals surface area contributed by atoms with E-state index in [1.54, 1.807) is 24.3 Å². The number of furan rings is 1. The van der Waals surface area contributed by atoms with E-state index < -0.39 is 10.0 Å². The minimum atomic E-state index is -3.70. The highest BCUT2D eigenvalue weighted by Crippen LogP contribution is 2.17. The van der Waals surface area contributed by atoms with Crippen LogP contribution in [0.2, 0.25) is 5.02 Å². The topological polar surface area (TPSA) is 88.4 Å². The number of nitrogens with one attached hydrogen (secondary N) is 2. The van der Waals surface area contributed by atoms with E-state index in [0.717, 1.165) is 5.56 Å². The third-order valence-electron chi connectivity index (χ3n) is 4.16. The van der Waals surface area contributed by atoms with Gasteiger partial charge in [0.1, 0.15) is 5.76 Å². The average molecular weight is 419 g/mol. The molecule has 1 amide bonds. The van der Waals surface area contributed by atoms with Crippen molar-refractivity contribution in [3.05, 3.63) is 88.8 Å². The number of sulfonamides is 1. The fourth-order valence-electron chi connectivity index (χ4n) is 2.56. The number of carbonyl (C=O) groups excluding carboxylic acids is 1. The Hall–Kier alpha value is -2.61. The molecule has 2 aromatic carbocycles. The van der Waals surface area contributed by atoms with Crippen molar-refractivity contribution in [1.29, 1.82) is 0 Å². The third-order valence-corrected chi connectivity index (χ3v) is 5.83. The summed E-state index contributed by atoms with van der Waals surface area (Å²) in [4.78, 5) is 12.5. The molecule has 0 fully saturated rings. The van der Waals surface area contributed by atoms with Gasteiger partial charge in [0.25, 0.3) is 5.91 Å². The number of benzene rings is 2. The molecule has 28 heavy (non-hydrogen) atoms. The smallest absolute Gasteiger partial charge is 0.251 e. The van der Waals surface area contributed by atoms with Crippen molar-refractivity contribution in [3.8, 4) is 0 Å². The van der Waals surface area contributed by atoms with Gasteiger partial charge in [-0.15, -0.1) is 0 Å². The second-order valence-electron chi connectivity index (χ2n) is 6.17. The standard InChI is InChI=1S/C20H19ClN2O4S/c1-14(15-4-8-17(21)9-5-15)23-20(24)16-6-10-19(11-7-16)28(25,26)22-13-18-3-2-12-27-18/h2-12,14,22H,13H2,1H3,(H,23,24). The average Bonchev–Trinajstić information content (AvgIpc) is 3.21. The van der Waals surface area contributed by atoms with E-state index in [-0.39, 0.29) is 23.4 Å². The molecule has 2 N–H and O–H groups in total. The summed E-state index contributed by atoms with van der Waals surface area (Å²) >= 11 is 5.87. The lowest BCUT2D eigenvalue weighted by atomic mass is 10.1. The first-order valence-corrected chi connectivity index (χ1v) is 10.4. The molecule has 1 atom stereocenters. The first-order valence-electron chi connectivity index (χ1n) is 8.53. The maximum absolute atomic E-state index is 12.4. The van der Waals surface area contributed by atoms with Gasteiger partial charge in [-0.1, -0.05) is 23.7 Å². The Morgan fingerprint density at radius 2 is 1.75 bits per heavy atom. The molecular weight excluding hydrogens is 400 g/mol. The van der Waals surface area contributed by atoms with Crippen LogP contribution in [0.15, 0.2) is 76.2 Å². The van der Waals surface area contributed by atoms with Crippen molar-refractivity contribution in [2.24, 2.45) is 0 Å². The summed E-state index contributed by atoms with van der Waals surface area (Å²) in [6.45, 7) is 1.91. The highest BCUT2D eigenvalue weighted by atomic mass is 35.5. The molecule has 0 radical (unpaired) electrons. The van der Waals surface area contributed by atoms with Crippen LogP contribution >= 0.6 is 11.6 Å². The second-order valence-corrected chi connectivity index (χ2v) is 8.38.